The lowest BCUT2D eigenvalue weighted by molar-refractivity contribution is -0.123. The molecule has 5 nitrogen and oxygen atoms in total. The summed E-state index contributed by atoms with van der Waals surface area (Å²) in [4.78, 5) is 17.1. The monoisotopic (exact) mass is 309 g/mol. The van der Waals surface area contributed by atoms with Gasteiger partial charge in [0.05, 0.1) is 19.8 Å². The molecule has 0 unspecified atom stereocenters. The number of morpholine rings is 1. The molecule has 0 spiro atoms. The number of rotatable bonds is 4. The molecule has 2 saturated heterocycles. The quantitative estimate of drug-likeness (QED) is 0.848. The van der Waals surface area contributed by atoms with E-state index in [2.05, 4.69) is 15.1 Å². The maximum Gasteiger partial charge on any atom is 0.234 e. The van der Waals surface area contributed by atoms with E-state index in [0.717, 1.165) is 39.4 Å². The average molecular weight is 309 g/mol. The highest BCUT2D eigenvalue weighted by Crippen LogP contribution is 2.19. The minimum Gasteiger partial charge on any atom is -0.379 e. The van der Waals surface area contributed by atoms with Gasteiger partial charge in [-0.1, -0.05) is 19.3 Å². The third kappa shape index (κ3) is 4.67. The molecule has 3 aliphatic rings. The number of carbonyl (C=O) groups excluding carboxylic acids is 1. The largest absolute Gasteiger partial charge is 0.379 e. The van der Waals surface area contributed by atoms with E-state index in [4.69, 9.17) is 4.74 Å². The lowest BCUT2D eigenvalue weighted by atomic mass is 9.95. The summed E-state index contributed by atoms with van der Waals surface area (Å²) < 4.78 is 5.43. The van der Waals surface area contributed by atoms with E-state index in [1.165, 1.54) is 44.9 Å². The molecule has 1 N–H and O–H groups in total. The molecule has 3 rings (SSSR count). The molecule has 1 amide bonds. The van der Waals surface area contributed by atoms with Crippen LogP contribution in [0.4, 0.5) is 0 Å². The van der Waals surface area contributed by atoms with Crippen molar-refractivity contribution in [1.29, 1.82) is 0 Å². The number of amides is 1. The van der Waals surface area contributed by atoms with Gasteiger partial charge in [0, 0.05) is 38.3 Å². The maximum absolute atomic E-state index is 12.2. The second-order valence-corrected chi connectivity index (χ2v) is 7.06. The highest BCUT2D eigenvalue weighted by molar-refractivity contribution is 5.78. The number of hydrogen-bond acceptors (Lipinski definition) is 4. The van der Waals surface area contributed by atoms with Crippen molar-refractivity contribution >= 4 is 5.91 Å². The van der Waals surface area contributed by atoms with E-state index < -0.39 is 0 Å². The Morgan fingerprint density at radius 3 is 2.32 bits per heavy atom. The van der Waals surface area contributed by atoms with E-state index in [1.54, 1.807) is 0 Å². The Morgan fingerprint density at radius 2 is 1.64 bits per heavy atom. The first-order valence-electron chi connectivity index (χ1n) is 9.15. The summed E-state index contributed by atoms with van der Waals surface area (Å²) in [5, 5.41) is 3.23. The van der Waals surface area contributed by atoms with E-state index in [-0.39, 0.29) is 5.91 Å². The predicted molar refractivity (Wildman–Crippen MR) is 86.9 cm³/mol. The van der Waals surface area contributed by atoms with Gasteiger partial charge in [-0.15, -0.1) is 0 Å². The van der Waals surface area contributed by atoms with Crippen molar-refractivity contribution in [3.8, 4) is 0 Å². The number of carbonyl (C=O) groups is 1. The van der Waals surface area contributed by atoms with Crippen LogP contribution in [0.5, 0.6) is 0 Å². The third-order valence-corrected chi connectivity index (χ3v) is 5.46. The fraction of sp³-hybridized carbons (Fsp3) is 0.941. The van der Waals surface area contributed by atoms with Crippen LogP contribution in [0.3, 0.4) is 0 Å². The van der Waals surface area contributed by atoms with Crippen LogP contribution in [-0.2, 0) is 9.53 Å². The summed E-state index contributed by atoms with van der Waals surface area (Å²) in [6.45, 7) is 6.61. The molecule has 0 aromatic rings. The molecule has 1 aliphatic carbocycles. The van der Waals surface area contributed by atoms with Crippen LogP contribution >= 0.6 is 0 Å². The first kappa shape index (κ1) is 16.2. The van der Waals surface area contributed by atoms with E-state index in [1.807, 2.05) is 0 Å². The number of hydrogen-bond donors (Lipinski definition) is 1. The van der Waals surface area contributed by atoms with E-state index in [0.29, 0.717) is 18.6 Å². The molecule has 0 bridgehead atoms. The van der Waals surface area contributed by atoms with Crippen LogP contribution in [0.15, 0.2) is 0 Å². The fourth-order valence-corrected chi connectivity index (χ4v) is 4.11. The number of nitrogens with zero attached hydrogens (tertiary/aromatic N) is 2. The fourth-order valence-electron chi connectivity index (χ4n) is 4.11. The Hall–Kier alpha value is -0.650. The third-order valence-electron chi connectivity index (χ3n) is 5.46. The SMILES string of the molecule is O=C(CN1CCC(N2CCOCC2)CC1)NC1CCCCC1. The van der Waals surface area contributed by atoms with Crippen molar-refractivity contribution < 1.29 is 9.53 Å². The molecule has 126 valence electrons. The molecule has 0 aromatic carbocycles. The van der Waals surface area contributed by atoms with Crippen molar-refractivity contribution in [1.82, 2.24) is 15.1 Å². The molecule has 2 heterocycles. The summed E-state index contributed by atoms with van der Waals surface area (Å²) in [6.07, 6.45) is 8.61. The van der Waals surface area contributed by atoms with Gasteiger partial charge in [0.15, 0.2) is 0 Å². The summed E-state index contributed by atoms with van der Waals surface area (Å²) in [7, 11) is 0. The molecule has 0 atom stereocenters. The summed E-state index contributed by atoms with van der Waals surface area (Å²) in [6, 6.07) is 1.13. The van der Waals surface area contributed by atoms with Gasteiger partial charge in [-0.25, -0.2) is 0 Å². The number of piperidine rings is 1. The summed E-state index contributed by atoms with van der Waals surface area (Å²) in [5.41, 5.74) is 0. The molecule has 3 fully saturated rings. The molecule has 22 heavy (non-hydrogen) atoms. The van der Waals surface area contributed by atoms with Gasteiger partial charge in [0.25, 0.3) is 0 Å². The van der Waals surface area contributed by atoms with Gasteiger partial charge >= 0.3 is 0 Å². The number of ether oxygens (including phenoxy) is 1. The van der Waals surface area contributed by atoms with Crippen molar-refractivity contribution in [2.75, 3.05) is 45.9 Å². The van der Waals surface area contributed by atoms with Gasteiger partial charge < -0.3 is 10.1 Å². The first-order chi connectivity index (χ1) is 10.8. The topological polar surface area (TPSA) is 44.8 Å². The van der Waals surface area contributed by atoms with Crippen molar-refractivity contribution in [2.24, 2.45) is 0 Å². The van der Waals surface area contributed by atoms with Crippen LogP contribution in [0.25, 0.3) is 0 Å². The predicted octanol–water partition coefficient (Wildman–Crippen LogP) is 1.23. The van der Waals surface area contributed by atoms with Crippen LogP contribution < -0.4 is 5.32 Å². The van der Waals surface area contributed by atoms with Gasteiger partial charge in [0.1, 0.15) is 0 Å². The lowest BCUT2D eigenvalue weighted by Gasteiger charge is -2.40. The van der Waals surface area contributed by atoms with Crippen LogP contribution in [0.1, 0.15) is 44.9 Å². The van der Waals surface area contributed by atoms with Gasteiger partial charge in [-0.2, -0.15) is 0 Å². The van der Waals surface area contributed by atoms with E-state index >= 15 is 0 Å². The molecular weight excluding hydrogens is 278 g/mol. The minimum absolute atomic E-state index is 0.233. The molecular formula is C17H31N3O2. The molecule has 0 radical (unpaired) electrons. The van der Waals surface area contributed by atoms with Gasteiger partial charge in [-0.05, 0) is 25.7 Å². The smallest absolute Gasteiger partial charge is 0.234 e. The maximum atomic E-state index is 12.2. The Bertz CT molecular complexity index is 344. The van der Waals surface area contributed by atoms with Crippen molar-refractivity contribution in [2.45, 2.75) is 57.0 Å². The minimum atomic E-state index is 0.233. The normalized spacial score (nSPS) is 26.9. The highest BCUT2D eigenvalue weighted by Gasteiger charge is 2.27. The highest BCUT2D eigenvalue weighted by atomic mass is 16.5. The van der Waals surface area contributed by atoms with Crippen LogP contribution in [-0.4, -0.2) is 73.7 Å². The van der Waals surface area contributed by atoms with Crippen LogP contribution in [0.2, 0.25) is 0 Å². The van der Waals surface area contributed by atoms with Gasteiger partial charge in [-0.3, -0.25) is 14.6 Å². The standard InChI is InChI=1S/C17H31N3O2/c21-17(18-15-4-2-1-3-5-15)14-19-8-6-16(7-9-19)20-10-12-22-13-11-20/h15-16H,1-14H2,(H,18,21). The Morgan fingerprint density at radius 1 is 0.955 bits per heavy atom. The van der Waals surface area contributed by atoms with Crippen molar-refractivity contribution in [3.63, 3.8) is 0 Å². The zero-order valence-corrected chi connectivity index (χ0v) is 13.8. The molecule has 5 heteroatoms. The molecule has 2 aliphatic heterocycles. The van der Waals surface area contributed by atoms with Crippen LogP contribution in [0, 0.1) is 0 Å². The first-order valence-corrected chi connectivity index (χ1v) is 9.15. The summed E-state index contributed by atoms with van der Waals surface area (Å²) >= 11 is 0. The molecule has 1 saturated carbocycles. The van der Waals surface area contributed by atoms with E-state index in [9.17, 15) is 4.79 Å². The molecule has 0 aromatic heterocycles. The average Bonchev–Trinajstić information content (AvgIpc) is 2.57. The summed E-state index contributed by atoms with van der Waals surface area (Å²) in [5.74, 6) is 0.233. The zero-order valence-electron chi connectivity index (χ0n) is 13.8. The Balaban J connectivity index is 1.35. The zero-order chi connectivity index (χ0) is 15.2. The Kier molecular flexibility index (Phi) is 6.10. The van der Waals surface area contributed by atoms with Gasteiger partial charge in [0.2, 0.25) is 5.91 Å². The second kappa shape index (κ2) is 8.27. The number of nitrogens with one attached hydrogen (secondary N) is 1. The Labute approximate surface area is 134 Å². The number of likely N-dealkylation sites (tertiary alicyclic amines) is 1. The lowest BCUT2D eigenvalue weighted by Crippen LogP contribution is -2.51. The van der Waals surface area contributed by atoms with Crippen molar-refractivity contribution in [3.05, 3.63) is 0 Å². The second-order valence-electron chi connectivity index (χ2n) is 7.06.